The molecule has 0 spiro atoms. The first-order valence-corrected chi connectivity index (χ1v) is 8.30. The molecule has 1 aliphatic heterocycles. The number of halogens is 1. The Hall–Kier alpha value is -2.71. The second-order valence-corrected chi connectivity index (χ2v) is 6.74. The highest BCUT2D eigenvalue weighted by molar-refractivity contribution is 8.26. The van der Waals surface area contributed by atoms with E-state index in [9.17, 15) is 19.1 Å². The number of thiocarbonyl (C=S) groups is 1. The Balaban J connectivity index is 1.77. The number of hydrazine groups is 1. The van der Waals surface area contributed by atoms with Gasteiger partial charge in [-0.15, -0.1) is 0 Å². The SMILES string of the molecule is O=C(NN1C(=O)/C(=C/c2cccc(F)c2)SC1=S)c1ccc(O)cc1. The maximum absolute atomic E-state index is 13.2. The number of hydrogen-bond acceptors (Lipinski definition) is 5. The van der Waals surface area contributed by atoms with Crippen LogP contribution < -0.4 is 5.43 Å². The van der Waals surface area contributed by atoms with Crippen molar-refractivity contribution in [3.63, 3.8) is 0 Å². The predicted octanol–water partition coefficient (Wildman–Crippen LogP) is 3.08. The van der Waals surface area contributed by atoms with Gasteiger partial charge in [0.2, 0.25) is 0 Å². The van der Waals surface area contributed by atoms with E-state index in [1.807, 2.05) is 0 Å². The number of phenolic OH excluding ortho intramolecular Hbond substituents is 1. The average Bonchev–Trinajstić information content (AvgIpc) is 2.83. The molecule has 0 radical (unpaired) electrons. The molecular weight excluding hydrogens is 363 g/mol. The molecule has 0 aliphatic carbocycles. The quantitative estimate of drug-likeness (QED) is 0.638. The first-order chi connectivity index (χ1) is 11.9. The molecule has 2 aromatic rings. The van der Waals surface area contributed by atoms with Crippen molar-refractivity contribution in [2.75, 3.05) is 0 Å². The number of amides is 2. The number of carbonyl (C=O) groups excluding carboxylic acids is 2. The minimum Gasteiger partial charge on any atom is -0.508 e. The highest BCUT2D eigenvalue weighted by Gasteiger charge is 2.33. The van der Waals surface area contributed by atoms with Crippen LogP contribution in [0.3, 0.4) is 0 Å². The number of nitrogens with one attached hydrogen (secondary N) is 1. The summed E-state index contributed by atoms with van der Waals surface area (Å²) in [5, 5.41) is 10.2. The minimum absolute atomic E-state index is 0.0280. The van der Waals surface area contributed by atoms with E-state index in [2.05, 4.69) is 5.43 Å². The Morgan fingerprint density at radius 3 is 2.64 bits per heavy atom. The lowest BCUT2D eigenvalue weighted by molar-refractivity contribution is -0.123. The molecular formula is C17H11FN2O3S2. The third kappa shape index (κ3) is 3.86. The van der Waals surface area contributed by atoms with E-state index in [0.29, 0.717) is 5.56 Å². The largest absolute Gasteiger partial charge is 0.508 e. The topological polar surface area (TPSA) is 69.6 Å². The van der Waals surface area contributed by atoms with Gasteiger partial charge in [-0.05, 0) is 60.3 Å². The Kier molecular flexibility index (Phi) is 4.82. The number of carbonyl (C=O) groups is 2. The van der Waals surface area contributed by atoms with Gasteiger partial charge in [-0.25, -0.2) is 4.39 Å². The van der Waals surface area contributed by atoms with Crippen LogP contribution in [0.25, 0.3) is 6.08 Å². The Morgan fingerprint density at radius 2 is 1.96 bits per heavy atom. The first kappa shape index (κ1) is 17.1. The molecule has 2 amide bonds. The van der Waals surface area contributed by atoms with Gasteiger partial charge in [-0.1, -0.05) is 23.9 Å². The van der Waals surface area contributed by atoms with Gasteiger partial charge in [0.25, 0.3) is 11.8 Å². The monoisotopic (exact) mass is 374 g/mol. The summed E-state index contributed by atoms with van der Waals surface area (Å²) in [6.07, 6.45) is 1.51. The molecule has 3 rings (SSSR count). The van der Waals surface area contributed by atoms with E-state index < -0.39 is 17.6 Å². The zero-order valence-corrected chi connectivity index (χ0v) is 14.2. The van der Waals surface area contributed by atoms with Crippen molar-refractivity contribution in [3.8, 4) is 5.75 Å². The van der Waals surface area contributed by atoms with Gasteiger partial charge in [0.1, 0.15) is 11.6 Å². The lowest BCUT2D eigenvalue weighted by atomic mass is 10.2. The molecule has 0 aromatic heterocycles. The number of nitrogens with zero attached hydrogens (tertiary/aromatic N) is 1. The van der Waals surface area contributed by atoms with Gasteiger partial charge in [-0.2, -0.15) is 5.01 Å². The van der Waals surface area contributed by atoms with Crippen LogP contribution in [0.1, 0.15) is 15.9 Å². The van der Waals surface area contributed by atoms with Crippen LogP contribution in [0.2, 0.25) is 0 Å². The summed E-state index contributed by atoms with van der Waals surface area (Å²) in [5.74, 6) is -1.42. The molecule has 8 heteroatoms. The van der Waals surface area contributed by atoms with Crippen molar-refractivity contribution >= 4 is 46.2 Å². The molecule has 1 aliphatic rings. The number of phenols is 1. The van der Waals surface area contributed by atoms with E-state index in [-0.39, 0.29) is 20.5 Å². The number of thioether (sulfide) groups is 1. The summed E-state index contributed by atoms with van der Waals surface area (Å²) in [7, 11) is 0. The fourth-order valence-corrected chi connectivity index (χ4v) is 3.27. The van der Waals surface area contributed by atoms with Gasteiger partial charge in [0.15, 0.2) is 4.32 Å². The van der Waals surface area contributed by atoms with Crippen molar-refractivity contribution < 1.29 is 19.1 Å². The molecule has 0 bridgehead atoms. The molecule has 5 nitrogen and oxygen atoms in total. The number of rotatable bonds is 3. The molecule has 1 heterocycles. The van der Waals surface area contributed by atoms with Gasteiger partial charge in [-0.3, -0.25) is 15.0 Å². The Labute approximate surface area is 152 Å². The van der Waals surface area contributed by atoms with Crippen LogP contribution in [-0.2, 0) is 4.79 Å². The molecule has 1 fully saturated rings. The normalized spacial score (nSPS) is 15.7. The van der Waals surface area contributed by atoms with Crippen molar-refractivity contribution in [2.45, 2.75) is 0 Å². The Morgan fingerprint density at radius 1 is 1.24 bits per heavy atom. The number of hydrogen-bond donors (Lipinski definition) is 2. The summed E-state index contributed by atoms with van der Waals surface area (Å²) in [6.45, 7) is 0. The molecule has 1 saturated heterocycles. The molecule has 2 N–H and O–H groups in total. The van der Waals surface area contributed by atoms with E-state index in [4.69, 9.17) is 12.2 Å². The first-order valence-electron chi connectivity index (χ1n) is 7.07. The van der Waals surface area contributed by atoms with Crippen molar-refractivity contribution in [1.82, 2.24) is 10.4 Å². The lowest BCUT2D eigenvalue weighted by Gasteiger charge is -2.15. The van der Waals surface area contributed by atoms with E-state index in [1.54, 1.807) is 6.07 Å². The molecule has 126 valence electrons. The smallest absolute Gasteiger partial charge is 0.285 e. The number of aromatic hydroxyl groups is 1. The van der Waals surface area contributed by atoms with Crippen LogP contribution in [0.15, 0.2) is 53.4 Å². The standard InChI is InChI=1S/C17H11FN2O3S2/c18-12-3-1-2-10(8-12)9-14-16(23)20(17(24)25-14)19-15(22)11-4-6-13(21)7-5-11/h1-9,21H,(H,19,22)/b14-9-. The fourth-order valence-electron chi connectivity index (χ4n) is 2.09. The van der Waals surface area contributed by atoms with Crippen molar-refractivity contribution in [1.29, 1.82) is 0 Å². The third-order valence-corrected chi connectivity index (χ3v) is 4.59. The summed E-state index contributed by atoms with van der Waals surface area (Å²) >= 11 is 6.14. The summed E-state index contributed by atoms with van der Waals surface area (Å²) in [6, 6.07) is 11.4. The summed E-state index contributed by atoms with van der Waals surface area (Å²) < 4.78 is 13.4. The maximum Gasteiger partial charge on any atom is 0.285 e. The fraction of sp³-hybridized carbons (Fsp3) is 0. The number of benzene rings is 2. The van der Waals surface area contributed by atoms with Gasteiger partial charge in [0.05, 0.1) is 4.91 Å². The molecule has 2 aromatic carbocycles. The zero-order chi connectivity index (χ0) is 18.0. The van der Waals surface area contributed by atoms with E-state index in [1.165, 1.54) is 48.5 Å². The van der Waals surface area contributed by atoms with Gasteiger partial charge < -0.3 is 5.11 Å². The van der Waals surface area contributed by atoms with Gasteiger partial charge in [0, 0.05) is 5.56 Å². The maximum atomic E-state index is 13.2. The second kappa shape index (κ2) is 7.04. The van der Waals surface area contributed by atoms with E-state index in [0.717, 1.165) is 16.8 Å². The molecule has 25 heavy (non-hydrogen) atoms. The van der Waals surface area contributed by atoms with Crippen LogP contribution in [0.4, 0.5) is 4.39 Å². The molecule has 0 unspecified atom stereocenters. The van der Waals surface area contributed by atoms with Gasteiger partial charge >= 0.3 is 0 Å². The summed E-state index contributed by atoms with van der Waals surface area (Å²) in [4.78, 5) is 24.9. The van der Waals surface area contributed by atoms with Crippen molar-refractivity contribution in [3.05, 3.63) is 70.4 Å². The zero-order valence-electron chi connectivity index (χ0n) is 12.6. The predicted molar refractivity (Wildman–Crippen MR) is 97.0 cm³/mol. The van der Waals surface area contributed by atoms with Crippen LogP contribution in [-0.4, -0.2) is 26.3 Å². The van der Waals surface area contributed by atoms with E-state index >= 15 is 0 Å². The Bertz CT molecular complexity index is 897. The molecule has 0 saturated carbocycles. The summed E-state index contributed by atoms with van der Waals surface area (Å²) in [5.41, 5.74) is 3.21. The van der Waals surface area contributed by atoms with Crippen LogP contribution in [0.5, 0.6) is 5.75 Å². The average molecular weight is 374 g/mol. The van der Waals surface area contributed by atoms with Crippen molar-refractivity contribution in [2.24, 2.45) is 0 Å². The van der Waals surface area contributed by atoms with Crippen LogP contribution >= 0.6 is 24.0 Å². The highest BCUT2D eigenvalue weighted by atomic mass is 32.2. The second-order valence-electron chi connectivity index (χ2n) is 5.06. The highest BCUT2D eigenvalue weighted by Crippen LogP contribution is 2.31. The minimum atomic E-state index is -0.539. The third-order valence-electron chi connectivity index (χ3n) is 3.28. The van der Waals surface area contributed by atoms with Crippen LogP contribution in [0, 0.1) is 5.82 Å². The molecule has 0 atom stereocenters. The lowest BCUT2D eigenvalue weighted by Crippen LogP contribution is -2.44.